The SMILES string of the molecule is O=CCC=Cc1ccc(-c2ccccc2)cc1. The lowest BCUT2D eigenvalue weighted by Crippen LogP contribution is -1.77. The van der Waals surface area contributed by atoms with E-state index < -0.39 is 0 Å². The fraction of sp³-hybridized carbons (Fsp3) is 0.0625. The third kappa shape index (κ3) is 3.15. The van der Waals surface area contributed by atoms with Crippen LogP contribution in [0, 0.1) is 0 Å². The first-order valence-corrected chi connectivity index (χ1v) is 5.66. The molecule has 0 aromatic heterocycles. The van der Waals surface area contributed by atoms with Crippen molar-refractivity contribution in [2.24, 2.45) is 0 Å². The van der Waals surface area contributed by atoms with Crippen molar-refractivity contribution >= 4 is 12.4 Å². The fourth-order valence-corrected chi connectivity index (χ4v) is 1.68. The summed E-state index contributed by atoms with van der Waals surface area (Å²) in [6, 6.07) is 18.6. The Balaban J connectivity index is 2.16. The zero-order valence-electron chi connectivity index (χ0n) is 9.54. The standard InChI is InChI=1S/C16H14O/c17-13-5-4-6-14-9-11-16(12-10-14)15-7-2-1-3-8-15/h1-4,6-13H,5H2. The number of allylic oxidation sites excluding steroid dienone is 1. The van der Waals surface area contributed by atoms with Crippen LogP contribution >= 0.6 is 0 Å². The summed E-state index contributed by atoms with van der Waals surface area (Å²) in [7, 11) is 0. The molecule has 0 saturated heterocycles. The molecular weight excluding hydrogens is 208 g/mol. The van der Waals surface area contributed by atoms with E-state index >= 15 is 0 Å². The molecule has 0 atom stereocenters. The number of carbonyl (C=O) groups is 1. The zero-order valence-corrected chi connectivity index (χ0v) is 9.54. The number of carbonyl (C=O) groups excluding carboxylic acids is 1. The van der Waals surface area contributed by atoms with Crippen molar-refractivity contribution in [3.63, 3.8) is 0 Å². The van der Waals surface area contributed by atoms with Crippen LogP contribution in [0.15, 0.2) is 60.7 Å². The van der Waals surface area contributed by atoms with Gasteiger partial charge in [-0.3, -0.25) is 0 Å². The predicted octanol–water partition coefficient (Wildman–Crippen LogP) is 3.96. The molecule has 0 N–H and O–H groups in total. The van der Waals surface area contributed by atoms with Crippen molar-refractivity contribution in [1.29, 1.82) is 0 Å². The molecule has 0 amide bonds. The molecule has 84 valence electrons. The summed E-state index contributed by atoms with van der Waals surface area (Å²) in [6.07, 6.45) is 5.20. The van der Waals surface area contributed by atoms with Gasteiger partial charge in [0.1, 0.15) is 6.29 Å². The van der Waals surface area contributed by atoms with Crippen LogP contribution in [0.5, 0.6) is 0 Å². The van der Waals surface area contributed by atoms with E-state index in [0.717, 1.165) is 11.8 Å². The minimum atomic E-state index is 0.473. The number of rotatable bonds is 4. The van der Waals surface area contributed by atoms with Crippen molar-refractivity contribution in [1.82, 2.24) is 0 Å². The Hall–Kier alpha value is -2.15. The Morgan fingerprint density at radius 2 is 1.47 bits per heavy atom. The molecule has 0 aliphatic rings. The van der Waals surface area contributed by atoms with Crippen LogP contribution in [-0.2, 0) is 4.79 Å². The molecule has 2 aromatic carbocycles. The van der Waals surface area contributed by atoms with Gasteiger partial charge >= 0.3 is 0 Å². The average Bonchev–Trinajstić information content (AvgIpc) is 2.41. The van der Waals surface area contributed by atoms with Crippen molar-refractivity contribution < 1.29 is 4.79 Å². The van der Waals surface area contributed by atoms with Gasteiger partial charge in [0, 0.05) is 6.42 Å². The summed E-state index contributed by atoms with van der Waals surface area (Å²) in [5.74, 6) is 0. The van der Waals surface area contributed by atoms with Crippen LogP contribution < -0.4 is 0 Å². The molecule has 2 rings (SSSR count). The molecule has 1 nitrogen and oxygen atoms in total. The van der Waals surface area contributed by atoms with Crippen LogP contribution in [0.2, 0.25) is 0 Å². The van der Waals surface area contributed by atoms with E-state index in [0.29, 0.717) is 6.42 Å². The summed E-state index contributed by atoms with van der Waals surface area (Å²) in [5, 5.41) is 0. The highest BCUT2D eigenvalue weighted by Gasteiger charge is 1.95. The van der Waals surface area contributed by atoms with Crippen LogP contribution in [0.25, 0.3) is 17.2 Å². The first-order valence-electron chi connectivity index (χ1n) is 5.66. The van der Waals surface area contributed by atoms with E-state index in [-0.39, 0.29) is 0 Å². The second-order valence-corrected chi connectivity index (χ2v) is 3.79. The Bertz CT molecular complexity index is 495. The maximum absolute atomic E-state index is 10.2. The van der Waals surface area contributed by atoms with E-state index in [4.69, 9.17) is 0 Å². The Labute approximate surface area is 101 Å². The molecule has 0 saturated carbocycles. The van der Waals surface area contributed by atoms with Crippen LogP contribution in [-0.4, -0.2) is 6.29 Å². The van der Waals surface area contributed by atoms with Crippen molar-refractivity contribution in [2.75, 3.05) is 0 Å². The van der Waals surface area contributed by atoms with Crippen molar-refractivity contribution in [3.05, 3.63) is 66.2 Å². The maximum atomic E-state index is 10.2. The Morgan fingerprint density at radius 3 is 2.12 bits per heavy atom. The number of hydrogen-bond donors (Lipinski definition) is 0. The van der Waals surface area contributed by atoms with Gasteiger partial charge in [-0.1, -0.05) is 66.7 Å². The van der Waals surface area contributed by atoms with Gasteiger partial charge in [0.2, 0.25) is 0 Å². The molecule has 1 heteroatoms. The molecule has 0 aliphatic heterocycles. The van der Waals surface area contributed by atoms with Gasteiger partial charge in [-0.25, -0.2) is 0 Å². The van der Waals surface area contributed by atoms with Crippen LogP contribution in [0.1, 0.15) is 12.0 Å². The van der Waals surface area contributed by atoms with E-state index in [9.17, 15) is 4.79 Å². The van der Waals surface area contributed by atoms with Crippen LogP contribution in [0.3, 0.4) is 0 Å². The fourth-order valence-electron chi connectivity index (χ4n) is 1.68. The largest absolute Gasteiger partial charge is 0.303 e. The normalized spacial score (nSPS) is 10.6. The molecule has 0 aliphatic carbocycles. The minimum absolute atomic E-state index is 0.473. The highest BCUT2D eigenvalue weighted by atomic mass is 16.1. The van der Waals surface area contributed by atoms with Crippen molar-refractivity contribution in [3.8, 4) is 11.1 Å². The molecule has 0 unspecified atom stereocenters. The molecule has 0 radical (unpaired) electrons. The monoisotopic (exact) mass is 222 g/mol. The molecule has 17 heavy (non-hydrogen) atoms. The van der Waals surface area contributed by atoms with Gasteiger partial charge in [-0.15, -0.1) is 0 Å². The second-order valence-electron chi connectivity index (χ2n) is 3.79. The third-order valence-electron chi connectivity index (χ3n) is 2.56. The summed E-state index contributed by atoms with van der Waals surface area (Å²) in [6.45, 7) is 0. The van der Waals surface area contributed by atoms with Gasteiger partial charge in [-0.2, -0.15) is 0 Å². The summed E-state index contributed by atoms with van der Waals surface area (Å²) >= 11 is 0. The molecule has 2 aromatic rings. The summed E-state index contributed by atoms with van der Waals surface area (Å²) in [4.78, 5) is 10.2. The molecule has 0 bridgehead atoms. The van der Waals surface area contributed by atoms with E-state index in [2.05, 4.69) is 36.4 Å². The predicted molar refractivity (Wildman–Crippen MR) is 71.6 cm³/mol. The van der Waals surface area contributed by atoms with Gasteiger partial charge < -0.3 is 4.79 Å². The highest BCUT2D eigenvalue weighted by molar-refractivity contribution is 5.66. The van der Waals surface area contributed by atoms with E-state index in [1.807, 2.05) is 30.4 Å². The van der Waals surface area contributed by atoms with E-state index in [1.54, 1.807) is 0 Å². The quantitative estimate of drug-likeness (QED) is 0.716. The number of benzene rings is 2. The van der Waals surface area contributed by atoms with E-state index in [1.165, 1.54) is 11.1 Å². The van der Waals surface area contributed by atoms with Gasteiger partial charge in [0.05, 0.1) is 0 Å². The summed E-state index contributed by atoms with van der Waals surface area (Å²) < 4.78 is 0. The minimum Gasteiger partial charge on any atom is -0.303 e. The molecular formula is C16H14O. The smallest absolute Gasteiger partial charge is 0.123 e. The van der Waals surface area contributed by atoms with Crippen molar-refractivity contribution in [2.45, 2.75) is 6.42 Å². The molecule has 0 spiro atoms. The Morgan fingerprint density at radius 1 is 0.824 bits per heavy atom. The van der Waals surface area contributed by atoms with Gasteiger partial charge in [-0.05, 0) is 16.7 Å². The topological polar surface area (TPSA) is 17.1 Å². The third-order valence-corrected chi connectivity index (χ3v) is 2.56. The first kappa shape index (κ1) is 11.3. The maximum Gasteiger partial charge on any atom is 0.123 e. The Kier molecular flexibility index (Phi) is 3.87. The lowest BCUT2D eigenvalue weighted by atomic mass is 10.0. The lowest BCUT2D eigenvalue weighted by molar-refractivity contribution is -0.107. The van der Waals surface area contributed by atoms with Gasteiger partial charge in [0.15, 0.2) is 0 Å². The first-order chi connectivity index (χ1) is 8.40. The zero-order chi connectivity index (χ0) is 11.9. The number of aldehydes is 1. The summed E-state index contributed by atoms with van der Waals surface area (Å²) in [5.41, 5.74) is 3.54. The molecule has 0 fully saturated rings. The lowest BCUT2D eigenvalue weighted by Gasteiger charge is -2.01. The van der Waals surface area contributed by atoms with Crippen LogP contribution in [0.4, 0.5) is 0 Å². The highest BCUT2D eigenvalue weighted by Crippen LogP contribution is 2.19. The van der Waals surface area contributed by atoms with Gasteiger partial charge in [0.25, 0.3) is 0 Å². The average molecular weight is 222 g/mol. The second kappa shape index (κ2) is 5.80. The molecule has 0 heterocycles. The number of hydrogen-bond acceptors (Lipinski definition) is 1.